The molecule has 9 rings (SSSR count). The van der Waals surface area contributed by atoms with E-state index in [9.17, 15) is 44.8 Å². The molecule has 20 nitrogen and oxygen atoms in total. The fourth-order valence-electron chi connectivity index (χ4n) is 8.25. The first kappa shape index (κ1) is 61.6. The van der Waals surface area contributed by atoms with Gasteiger partial charge >= 0.3 is 19.1 Å². The van der Waals surface area contributed by atoms with E-state index in [1.807, 2.05) is 27.7 Å². The van der Waals surface area contributed by atoms with Crippen molar-refractivity contribution < 1.29 is 72.4 Å². The van der Waals surface area contributed by atoms with E-state index in [4.69, 9.17) is 22.9 Å². The lowest BCUT2D eigenvalue weighted by Crippen LogP contribution is -2.41. The van der Waals surface area contributed by atoms with Crippen LogP contribution >= 0.6 is 15.9 Å². The minimum Gasteiger partial charge on any atom is -0.465 e. The lowest BCUT2D eigenvalue weighted by atomic mass is 9.80. The van der Waals surface area contributed by atoms with Crippen LogP contribution in [0, 0.1) is 11.6 Å². The number of carbonyl (C=O) groups excluding carboxylic acids is 4. The Morgan fingerprint density at radius 1 is 0.598 bits per heavy atom. The van der Waals surface area contributed by atoms with E-state index in [1.54, 1.807) is 30.5 Å². The minimum atomic E-state index is -3.71. The summed E-state index contributed by atoms with van der Waals surface area (Å²) < 4.78 is 111. The molecule has 2 amide bonds. The molecule has 0 saturated carbocycles. The Morgan fingerprint density at radius 3 is 1.45 bits per heavy atom. The minimum absolute atomic E-state index is 0.161. The Labute approximate surface area is 480 Å². The maximum absolute atomic E-state index is 13.5. The molecule has 8 aromatic rings. The summed E-state index contributed by atoms with van der Waals surface area (Å²) in [6.07, 6.45) is 8.02. The van der Waals surface area contributed by atoms with Crippen LogP contribution in [0.25, 0.3) is 55.7 Å². The summed E-state index contributed by atoms with van der Waals surface area (Å²) in [7, 11) is 0.611. The van der Waals surface area contributed by atoms with Gasteiger partial charge < -0.3 is 38.3 Å². The number of sulfonamides is 2. The van der Waals surface area contributed by atoms with E-state index in [0.29, 0.717) is 59.8 Å². The number of nitrogens with zero attached hydrogens (tertiary/aromatic N) is 4. The van der Waals surface area contributed by atoms with Crippen LogP contribution in [-0.4, -0.2) is 124 Å². The Bertz CT molecular complexity index is 3990. The number of hydrogen-bond acceptors (Lipinski definition) is 16. The summed E-state index contributed by atoms with van der Waals surface area (Å²) in [4.78, 5) is 57.1. The summed E-state index contributed by atoms with van der Waals surface area (Å²) in [6, 6.07) is 20.5. The second kappa shape index (κ2) is 24.2. The summed E-state index contributed by atoms with van der Waals surface area (Å²) in [6.45, 7) is 7.91. The topological polar surface area (TPSA) is 256 Å². The molecule has 4 aromatic heterocycles. The van der Waals surface area contributed by atoms with Crippen molar-refractivity contribution in [3.8, 4) is 33.8 Å². The van der Waals surface area contributed by atoms with E-state index < -0.39 is 67.8 Å². The van der Waals surface area contributed by atoms with Gasteiger partial charge in [0, 0.05) is 108 Å². The standard InChI is InChI=1S/C25H22FN3O6S.C18H16BrFN2O4S.C13H18BNO4/c1-27-24(30)22-19-10-18(15-9-16(13-28-12-15)25(31)34-3)20(29(2)36(4,32)33)11-21(19)35-23(22)14-5-7-17(26)8-6-14;1-21-18(23)16-12-8-13(19)14(22(2)27(3,24)25)9-15(12)26-17(16)10-4-6-11(20)7-5-10;1-12(2)13(3,4)19-14(18-12)10-6-9(7-15-8-10)11(16)17-5/h5-13H,1-4H3,(H,27,30);4-9H,1-3H3,(H,21,23);6-8H,1-5H3. The number of aromatic nitrogens is 2. The Balaban J connectivity index is 0.000000186. The Morgan fingerprint density at radius 2 is 1.01 bits per heavy atom. The van der Waals surface area contributed by atoms with Gasteiger partial charge in [-0.2, -0.15) is 0 Å². The van der Waals surface area contributed by atoms with Gasteiger partial charge in [-0.15, -0.1) is 0 Å². The first-order valence-electron chi connectivity index (χ1n) is 24.6. The van der Waals surface area contributed by atoms with Crippen LogP contribution < -0.4 is 24.7 Å². The van der Waals surface area contributed by atoms with Crippen LogP contribution in [0.3, 0.4) is 0 Å². The Kier molecular flexibility index (Phi) is 18.2. The highest BCUT2D eigenvalue weighted by molar-refractivity contribution is 9.10. The van der Waals surface area contributed by atoms with Gasteiger partial charge in [0.1, 0.15) is 34.3 Å². The average Bonchev–Trinajstić information content (AvgIpc) is 2.78. The van der Waals surface area contributed by atoms with Crippen LogP contribution in [-0.2, 0) is 38.8 Å². The molecule has 1 fully saturated rings. The van der Waals surface area contributed by atoms with E-state index >= 15 is 0 Å². The molecule has 0 spiro atoms. The number of methoxy groups -OCH3 is 2. The number of rotatable bonds is 12. The molecule has 26 heteroatoms. The zero-order valence-corrected chi connectivity index (χ0v) is 49.6. The third-order valence-corrected chi connectivity index (χ3v) is 16.6. The van der Waals surface area contributed by atoms with Crippen molar-refractivity contribution in [3.05, 3.63) is 148 Å². The van der Waals surface area contributed by atoms with Crippen molar-refractivity contribution in [1.29, 1.82) is 0 Å². The van der Waals surface area contributed by atoms with Crippen molar-refractivity contribution in [2.75, 3.05) is 63.5 Å². The molecule has 0 atom stereocenters. The lowest BCUT2D eigenvalue weighted by molar-refractivity contribution is 0.00578. The number of amides is 2. The van der Waals surface area contributed by atoms with Gasteiger partial charge in [-0.05, 0) is 116 Å². The number of halogens is 3. The molecule has 2 N–H and O–H groups in total. The zero-order valence-electron chi connectivity index (χ0n) is 46.4. The molecule has 82 heavy (non-hydrogen) atoms. The molecule has 1 aliphatic rings. The van der Waals surface area contributed by atoms with E-state index in [-0.39, 0.29) is 45.4 Å². The van der Waals surface area contributed by atoms with E-state index in [1.165, 1.54) is 122 Å². The van der Waals surface area contributed by atoms with Crippen molar-refractivity contribution in [3.63, 3.8) is 0 Å². The molecular weight excluding hydrogens is 1170 g/mol. The average molecular weight is 1230 g/mol. The van der Waals surface area contributed by atoms with E-state index in [0.717, 1.165) is 21.1 Å². The highest BCUT2D eigenvalue weighted by atomic mass is 79.9. The fourth-order valence-corrected chi connectivity index (χ4v) is 9.99. The van der Waals surface area contributed by atoms with Crippen molar-refractivity contribution in [1.82, 2.24) is 20.6 Å². The third kappa shape index (κ3) is 13.0. The molecule has 0 bridgehead atoms. The number of anilines is 2. The number of carbonyl (C=O) groups is 4. The predicted molar refractivity (Wildman–Crippen MR) is 310 cm³/mol. The second-order valence-corrected chi connectivity index (χ2v) is 24.3. The molecule has 1 aliphatic heterocycles. The molecule has 1 saturated heterocycles. The van der Waals surface area contributed by atoms with Crippen LogP contribution in [0.5, 0.6) is 0 Å². The van der Waals surface area contributed by atoms with Gasteiger partial charge in [-0.3, -0.25) is 28.2 Å². The highest BCUT2D eigenvalue weighted by Gasteiger charge is 2.52. The second-order valence-electron chi connectivity index (χ2n) is 19.5. The number of fused-ring (bicyclic) bond motifs is 2. The molecule has 0 radical (unpaired) electrons. The number of pyridine rings is 2. The monoisotopic (exact) mass is 1230 g/mol. The summed E-state index contributed by atoms with van der Waals surface area (Å²) >= 11 is 3.36. The van der Waals surface area contributed by atoms with Gasteiger partial charge in [0.25, 0.3) is 11.8 Å². The van der Waals surface area contributed by atoms with Gasteiger partial charge in [0.15, 0.2) is 0 Å². The number of ether oxygens (including phenoxy) is 2. The lowest BCUT2D eigenvalue weighted by Gasteiger charge is -2.32. The molecule has 0 unspecified atom stereocenters. The molecule has 4 aromatic carbocycles. The molecular formula is C56H56BBrF2N6O14S2. The van der Waals surface area contributed by atoms with Crippen LogP contribution in [0.2, 0.25) is 0 Å². The van der Waals surface area contributed by atoms with Gasteiger partial charge in [-0.1, -0.05) is 0 Å². The van der Waals surface area contributed by atoms with Crippen molar-refractivity contribution in [2.45, 2.75) is 38.9 Å². The van der Waals surface area contributed by atoms with Gasteiger partial charge in [0.05, 0.1) is 71.6 Å². The first-order valence-corrected chi connectivity index (χ1v) is 29.1. The first-order chi connectivity index (χ1) is 38.4. The normalized spacial score (nSPS) is 13.5. The molecule has 5 heterocycles. The number of furan rings is 2. The van der Waals surface area contributed by atoms with Crippen LogP contribution in [0.15, 0.2) is 123 Å². The SMILES string of the molecule is CNC(=O)c1c(-c2ccc(F)cc2)oc2cc(N(C)S(C)(=O)=O)c(-c3cncc(C(=O)OC)c3)cc12.CNC(=O)c1c(-c2ccc(F)cc2)oc2cc(N(C)S(C)(=O)=O)c(Br)cc12.COC(=O)c1cncc(B2OC(C)(C)C(C)(C)O2)c1. The number of benzene rings is 4. The van der Waals surface area contributed by atoms with Gasteiger partial charge in [-0.25, -0.2) is 35.2 Å². The smallest absolute Gasteiger partial charge is 0.465 e. The van der Waals surface area contributed by atoms with Gasteiger partial charge in [0.2, 0.25) is 20.0 Å². The predicted octanol–water partition coefficient (Wildman–Crippen LogP) is 8.77. The quantitative estimate of drug-likeness (QED) is 0.0856. The van der Waals surface area contributed by atoms with E-state index in [2.05, 4.69) is 41.3 Å². The summed E-state index contributed by atoms with van der Waals surface area (Å²) in [5.41, 5.74) is 3.84. The zero-order chi connectivity index (χ0) is 60.4. The summed E-state index contributed by atoms with van der Waals surface area (Å²) in [5.74, 6) is -2.26. The van der Waals surface area contributed by atoms with Crippen molar-refractivity contribution in [2.24, 2.45) is 0 Å². The van der Waals surface area contributed by atoms with Crippen LogP contribution in [0.4, 0.5) is 20.2 Å². The fraction of sp³-hybridized carbons (Fsp3) is 0.250. The number of hydrogen-bond donors (Lipinski definition) is 2. The third-order valence-electron chi connectivity index (χ3n) is 13.5. The van der Waals surface area contributed by atoms with Crippen molar-refractivity contribution >= 4 is 106 Å². The maximum Gasteiger partial charge on any atom is 0.496 e. The molecule has 0 aliphatic carbocycles. The highest BCUT2D eigenvalue weighted by Crippen LogP contribution is 2.43. The summed E-state index contributed by atoms with van der Waals surface area (Å²) in [5, 5.41) is 6.04. The Hall–Kier alpha value is -8.04. The van der Waals surface area contributed by atoms with Crippen LogP contribution in [0.1, 0.15) is 69.1 Å². The largest absolute Gasteiger partial charge is 0.496 e. The maximum atomic E-state index is 13.5. The number of nitrogens with one attached hydrogen (secondary N) is 2. The number of esters is 2. The molecule has 430 valence electrons.